The molecule has 0 aliphatic carbocycles. The summed E-state index contributed by atoms with van der Waals surface area (Å²) in [6.07, 6.45) is 4.01. The Hall–Kier alpha value is -3.49. The van der Waals surface area contributed by atoms with Gasteiger partial charge in [-0.25, -0.2) is 0 Å². The number of nitrogens with zero attached hydrogens (tertiary/aromatic N) is 5. The molecule has 11 heteroatoms. The predicted molar refractivity (Wildman–Crippen MR) is 140 cm³/mol. The minimum absolute atomic E-state index is 0.00183. The lowest BCUT2D eigenvalue weighted by Gasteiger charge is -2.38. The summed E-state index contributed by atoms with van der Waals surface area (Å²) in [5, 5.41) is 11.1. The molecule has 4 aliphatic heterocycles. The number of ether oxygens (including phenoxy) is 1. The van der Waals surface area contributed by atoms with Gasteiger partial charge in [0.2, 0.25) is 17.7 Å². The first-order valence-corrected chi connectivity index (χ1v) is 13.9. The molecule has 1 aromatic rings. The summed E-state index contributed by atoms with van der Waals surface area (Å²) >= 11 is 0. The molecule has 0 radical (unpaired) electrons. The third-order valence-corrected chi connectivity index (χ3v) is 8.25. The summed E-state index contributed by atoms with van der Waals surface area (Å²) < 4.78 is 6.15. The maximum Gasteiger partial charge on any atom is 0.255 e. The molecule has 4 amide bonds. The van der Waals surface area contributed by atoms with Gasteiger partial charge in [0.25, 0.3) is 5.91 Å². The second-order valence-electron chi connectivity index (χ2n) is 10.8. The van der Waals surface area contributed by atoms with Crippen LogP contribution >= 0.6 is 0 Å². The highest BCUT2D eigenvalue weighted by molar-refractivity contribution is 6.05. The zero-order valence-electron chi connectivity index (χ0n) is 22.3. The molecule has 2 atom stereocenters. The van der Waals surface area contributed by atoms with Gasteiger partial charge in [-0.3, -0.25) is 34.3 Å². The van der Waals surface area contributed by atoms with Gasteiger partial charge >= 0.3 is 0 Å². The highest BCUT2D eigenvalue weighted by Crippen LogP contribution is 2.30. The van der Waals surface area contributed by atoms with Crippen LogP contribution < -0.4 is 10.1 Å². The van der Waals surface area contributed by atoms with Crippen molar-refractivity contribution in [3.8, 4) is 11.8 Å². The van der Waals surface area contributed by atoms with Crippen molar-refractivity contribution in [1.82, 2.24) is 24.9 Å². The number of nitriles is 1. The number of likely N-dealkylation sites (tertiary alicyclic amines) is 1. The molecule has 5 rings (SSSR count). The van der Waals surface area contributed by atoms with E-state index in [1.807, 2.05) is 11.0 Å². The van der Waals surface area contributed by atoms with Gasteiger partial charge in [0.1, 0.15) is 18.4 Å². The largest absolute Gasteiger partial charge is 0.491 e. The Morgan fingerprint density at radius 2 is 1.85 bits per heavy atom. The van der Waals surface area contributed by atoms with Crippen molar-refractivity contribution >= 4 is 23.6 Å². The number of benzene rings is 1. The number of carbonyl (C=O) groups is 4. The van der Waals surface area contributed by atoms with Crippen LogP contribution in [0.15, 0.2) is 18.2 Å². The second kappa shape index (κ2) is 12.1. The Kier molecular flexibility index (Phi) is 8.43. The number of imide groups is 1. The van der Waals surface area contributed by atoms with E-state index >= 15 is 0 Å². The fourth-order valence-corrected chi connectivity index (χ4v) is 6.00. The minimum atomic E-state index is -0.644. The van der Waals surface area contributed by atoms with Crippen LogP contribution in [0.5, 0.6) is 5.75 Å². The molecule has 0 aromatic heterocycles. The molecule has 1 aromatic carbocycles. The summed E-state index contributed by atoms with van der Waals surface area (Å²) in [5.74, 6) is -0.167. The Labute approximate surface area is 228 Å². The molecule has 4 heterocycles. The van der Waals surface area contributed by atoms with E-state index in [1.54, 1.807) is 12.1 Å². The molecule has 0 saturated carbocycles. The van der Waals surface area contributed by atoms with Gasteiger partial charge in [0.05, 0.1) is 18.7 Å². The first-order chi connectivity index (χ1) is 18.9. The van der Waals surface area contributed by atoms with Gasteiger partial charge in [-0.2, -0.15) is 5.26 Å². The van der Waals surface area contributed by atoms with Crippen LogP contribution in [0.3, 0.4) is 0 Å². The molecule has 39 heavy (non-hydrogen) atoms. The number of carbonyl (C=O) groups excluding carboxylic acids is 4. The fraction of sp³-hybridized carbons (Fsp3) is 0.607. The van der Waals surface area contributed by atoms with Gasteiger partial charge in [0, 0.05) is 64.2 Å². The molecule has 11 nitrogen and oxygen atoms in total. The lowest BCUT2D eigenvalue weighted by atomic mass is 10.0. The van der Waals surface area contributed by atoms with E-state index in [0.29, 0.717) is 43.9 Å². The number of nitrogens with one attached hydrogen (secondary N) is 1. The maximum absolute atomic E-state index is 13.2. The summed E-state index contributed by atoms with van der Waals surface area (Å²) in [6, 6.07) is 6.90. The van der Waals surface area contributed by atoms with E-state index in [0.717, 1.165) is 64.1 Å². The van der Waals surface area contributed by atoms with E-state index in [9.17, 15) is 19.2 Å². The normalized spacial score (nSPS) is 24.3. The average Bonchev–Trinajstić information content (AvgIpc) is 3.26. The van der Waals surface area contributed by atoms with Crippen molar-refractivity contribution in [2.75, 3.05) is 52.4 Å². The predicted octanol–water partition coefficient (Wildman–Crippen LogP) is 0.739. The zero-order chi connectivity index (χ0) is 27.4. The van der Waals surface area contributed by atoms with Gasteiger partial charge in [-0.1, -0.05) is 0 Å². The third kappa shape index (κ3) is 6.23. The number of hydrogen-bond donors (Lipinski definition) is 1. The van der Waals surface area contributed by atoms with Crippen LogP contribution in [-0.4, -0.2) is 108 Å². The van der Waals surface area contributed by atoms with Crippen LogP contribution in [0, 0.1) is 11.3 Å². The molecule has 1 N–H and O–H groups in total. The van der Waals surface area contributed by atoms with Crippen LogP contribution in [0.2, 0.25) is 0 Å². The van der Waals surface area contributed by atoms with Crippen molar-refractivity contribution in [1.29, 1.82) is 5.26 Å². The van der Waals surface area contributed by atoms with Crippen molar-refractivity contribution in [2.45, 2.75) is 57.2 Å². The first kappa shape index (κ1) is 27.1. The fourth-order valence-electron chi connectivity index (χ4n) is 6.00. The molecular weight excluding hydrogens is 500 g/mol. The third-order valence-electron chi connectivity index (χ3n) is 8.25. The SMILES string of the molecule is N#CCCN1CCN(CC(=O)N2CCCC[C@@H]2COc2ccc3c(c2)CN(C2CCC(=O)NC2=O)C3=O)CC1. The monoisotopic (exact) mass is 536 g/mol. The molecule has 3 fully saturated rings. The number of piperidine rings is 2. The van der Waals surface area contributed by atoms with Crippen LogP contribution in [0.1, 0.15) is 54.4 Å². The van der Waals surface area contributed by atoms with E-state index in [-0.39, 0.29) is 30.2 Å². The van der Waals surface area contributed by atoms with E-state index in [4.69, 9.17) is 10.00 Å². The molecule has 0 spiro atoms. The molecule has 1 unspecified atom stereocenters. The highest BCUT2D eigenvalue weighted by Gasteiger charge is 2.39. The molecule has 3 saturated heterocycles. The highest BCUT2D eigenvalue weighted by atomic mass is 16.5. The number of amides is 4. The van der Waals surface area contributed by atoms with Crippen LogP contribution in [0.4, 0.5) is 0 Å². The Morgan fingerprint density at radius 1 is 1.05 bits per heavy atom. The average molecular weight is 537 g/mol. The van der Waals surface area contributed by atoms with Crippen molar-refractivity contribution in [2.24, 2.45) is 0 Å². The number of piperazine rings is 1. The van der Waals surface area contributed by atoms with Crippen molar-refractivity contribution in [3.63, 3.8) is 0 Å². The molecule has 0 bridgehead atoms. The van der Waals surface area contributed by atoms with Gasteiger partial charge in [-0.05, 0) is 49.4 Å². The van der Waals surface area contributed by atoms with E-state index in [1.165, 1.54) is 4.90 Å². The topological polar surface area (TPSA) is 126 Å². The second-order valence-corrected chi connectivity index (χ2v) is 10.8. The Balaban J connectivity index is 1.14. The van der Waals surface area contributed by atoms with Crippen LogP contribution in [-0.2, 0) is 20.9 Å². The van der Waals surface area contributed by atoms with Gasteiger partial charge < -0.3 is 14.5 Å². The summed E-state index contributed by atoms with van der Waals surface area (Å²) in [4.78, 5) is 57.9. The first-order valence-electron chi connectivity index (χ1n) is 13.9. The summed E-state index contributed by atoms with van der Waals surface area (Å²) in [5.41, 5.74) is 1.35. The summed E-state index contributed by atoms with van der Waals surface area (Å²) in [6.45, 7) is 6.02. The lowest BCUT2D eigenvalue weighted by Crippen LogP contribution is -2.53. The maximum atomic E-state index is 13.2. The van der Waals surface area contributed by atoms with E-state index in [2.05, 4.69) is 21.2 Å². The van der Waals surface area contributed by atoms with Crippen molar-refractivity contribution in [3.05, 3.63) is 29.3 Å². The van der Waals surface area contributed by atoms with Gasteiger partial charge in [-0.15, -0.1) is 0 Å². The smallest absolute Gasteiger partial charge is 0.255 e. The van der Waals surface area contributed by atoms with Crippen molar-refractivity contribution < 1.29 is 23.9 Å². The Bertz CT molecular complexity index is 1160. The van der Waals surface area contributed by atoms with Crippen LogP contribution in [0.25, 0.3) is 0 Å². The Morgan fingerprint density at radius 3 is 2.62 bits per heavy atom. The minimum Gasteiger partial charge on any atom is -0.491 e. The summed E-state index contributed by atoms with van der Waals surface area (Å²) in [7, 11) is 0. The number of hydrogen-bond acceptors (Lipinski definition) is 8. The molecular formula is C28H36N6O5. The standard InChI is InChI=1S/C28H36N6O5/c29-9-3-10-31-12-14-32(15-13-31)18-26(36)33-11-2-1-4-21(33)19-39-22-5-6-23-20(16-22)17-34(28(23)38)24-7-8-25(35)30-27(24)37/h5-6,16,21,24H,1-4,7-8,10-15,17-19H2,(H,30,35,37)/t21-,24?/m1/s1. The molecule has 4 aliphatic rings. The van der Waals surface area contributed by atoms with E-state index < -0.39 is 11.9 Å². The lowest BCUT2D eigenvalue weighted by molar-refractivity contribution is -0.138. The van der Waals surface area contributed by atoms with Gasteiger partial charge in [0.15, 0.2) is 0 Å². The quantitative estimate of drug-likeness (QED) is 0.482. The zero-order valence-corrected chi connectivity index (χ0v) is 22.3. The number of rotatable bonds is 8. The number of fused-ring (bicyclic) bond motifs is 1. The molecule has 208 valence electrons.